The van der Waals surface area contributed by atoms with Gasteiger partial charge in [-0.05, 0) is 12.3 Å². The molecule has 1 rings (SSSR count). The highest BCUT2D eigenvalue weighted by Gasteiger charge is 2.37. The van der Waals surface area contributed by atoms with Crippen LogP contribution in [0.5, 0.6) is 0 Å². The van der Waals surface area contributed by atoms with Crippen molar-refractivity contribution in [3.05, 3.63) is 0 Å². The zero-order valence-corrected chi connectivity index (χ0v) is 13.9. The number of nitrogens with two attached hydrogens (primary N) is 1. The smallest absolute Gasteiger partial charge is 0.263 e. The predicted molar refractivity (Wildman–Crippen MR) is 82.5 cm³/mol. The number of hydrogen-bond donors (Lipinski definition) is 4. The van der Waals surface area contributed by atoms with Crippen molar-refractivity contribution in [2.75, 3.05) is 6.54 Å². The van der Waals surface area contributed by atoms with Crippen molar-refractivity contribution < 1.29 is 24.4 Å². The molecule has 10 heteroatoms. The summed E-state index contributed by atoms with van der Waals surface area (Å²) in [6, 6.07) is -1.64. The van der Waals surface area contributed by atoms with Crippen LogP contribution in [0.3, 0.4) is 0 Å². The van der Waals surface area contributed by atoms with Crippen molar-refractivity contribution in [2.24, 2.45) is 11.7 Å². The van der Waals surface area contributed by atoms with Gasteiger partial charge in [0.05, 0.1) is 6.04 Å². The number of rotatable bonds is 6. The Morgan fingerprint density at radius 2 is 2.04 bits per heavy atom. The van der Waals surface area contributed by atoms with E-state index < -0.39 is 42.3 Å². The lowest BCUT2D eigenvalue weighted by atomic mass is 9.98. The third kappa shape index (κ3) is 5.45. The summed E-state index contributed by atoms with van der Waals surface area (Å²) < 4.78 is 0. The Morgan fingerprint density at radius 3 is 2.57 bits per heavy atom. The number of hydrogen-bond acceptors (Lipinski definition) is 6. The monoisotopic (exact) mass is 350 g/mol. The van der Waals surface area contributed by atoms with E-state index in [0.717, 1.165) is 4.90 Å². The lowest BCUT2D eigenvalue weighted by molar-refractivity contribution is -0.154. The van der Waals surface area contributed by atoms with E-state index in [9.17, 15) is 19.2 Å². The van der Waals surface area contributed by atoms with Gasteiger partial charge in [0.15, 0.2) is 0 Å². The van der Waals surface area contributed by atoms with Crippen molar-refractivity contribution in [1.82, 2.24) is 15.7 Å². The number of carbonyl (C=O) groups is 4. The Labute approximate surface area is 140 Å². The molecule has 1 fully saturated rings. The zero-order valence-electron chi connectivity index (χ0n) is 13.1. The molecule has 0 spiro atoms. The fourth-order valence-corrected chi connectivity index (χ4v) is 2.10. The van der Waals surface area contributed by atoms with E-state index in [4.69, 9.17) is 10.9 Å². The van der Waals surface area contributed by atoms with Crippen LogP contribution >= 0.6 is 12.4 Å². The van der Waals surface area contributed by atoms with Crippen LogP contribution in [0.25, 0.3) is 0 Å². The lowest BCUT2D eigenvalue weighted by Crippen LogP contribution is -2.58. The molecule has 0 aromatic heterocycles. The highest BCUT2D eigenvalue weighted by Crippen LogP contribution is 2.14. The van der Waals surface area contributed by atoms with Gasteiger partial charge in [-0.3, -0.25) is 29.3 Å². The third-order valence-corrected chi connectivity index (χ3v) is 3.81. The van der Waals surface area contributed by atoms with Gasteiger partial charge in [-0.25, -0.2) is 5.48 Å². The quantitative estimate of drug-likeness (QED) is 0.273. The summed E-state index contributed by atoms with van der Waals surface area (Å²) in [5.74, 6) is -2.59. The second-order valence-corrected chi connectivity index (χ2v) is 5.36. The van der Waals surface area contributed by atoms with Crippen LogP contribution < -0.4 is 16.5 Å². The molecule has 4 amide bonds. The van der Waals surface area contributed by atoms with Gasteiger partial charge in [0.1, 0.15) is 12.6 Å². The maximum atomic E-state index is 12.2. The van der Waals surface area contributed by atoms with Crippen LogP contribution in [0.15, 0.2) is 0 Å². The summed E-state index contributed by atoms with van der Waals surface area (Å²) in [7, 11) is 0. The maximum absolute atomic E-state index is 12.2. The van der Waals surface area contributed by atoms with E-state index in [0.29, 0.717) is 6.42 Å². The first-order valence-electron chi connectivity index (χ1n) is 7.14. The van der Waals surface area contributed by atoms with Crippen molar-refractivity contribution in [3.8, 4) is 0 Å². The predicted octanol–water partition coefficient (Wildman–Crippen LogP) is -1.08. The minimum atomic E-state index is -0.896. The average molecular weight is 351 g/mol. The SMILES string of the molecule is CC[C@H](C)[C@H](N)C(=O)N[C@H]1CCC(=O)N(CC(=O)NO)C1=O.Cl. The number of piperidine rings is 1. The molecule has 1 aliphatic heterocycles. The first-order chi connectivity index (χ1) is 10.3. The van der Waals surface area contributed by atoms with Crippen LogP contribution in [0.4, 0.5) is 0 Å². The molecule has 0 aromatic rings. The summed E-state index contributed by atoms with van der Waals surface area (Å²) in [6.07, 6.45) is 0.899. The van der Waals surface area contributed by atoms with E-state index in [2.05, 4.69) is 5.32 Å². The summed E-state index contributed by atoms with van der Waals surface area (Å²) in [6.45, 7) is 3.14. The number of hydroxylamine groups is 1. The molecule has 132 valence electrons. The highest BCUT2D eigenvalue weighted by atomic mass is 35.5. The fourth-order valence-electron chi connectivity index (χ4n) is 2.10. The summed E-state index contributed by atoms with van der Waals surface area (Å²) in [4.78, 5) is 47.7. The molecular formula is C13H23ClN4O5. The van der Waals surface area contributed by atoms with Crippen molar-refractivity contribution >= 4 is 36.0 Å². The van der Waals surface area contributed by atoms with Crippen molar-refractivity contribution in [3.63, 3.8) is 0 Å². The Morgan fingerprint density at radius 1 is 1.43 bits per heavy atom. The zero-order chi connectivity index (χ0) is 16.9. The van der Waals surface area contributed by atoms with Gasteiger partial charge in [0, 0.05) is 6.42 Å². The Balaban J connectivity index is 0.00000484. The average Bonchev–Trinajstić information content (AvgIpc) is 2.52. The summed E-state index contributed by atoms with van der Waals surface area (Å²) in [5, 5.41) is 11.0. The van der Waals surface area contributed by atoms with Crippen LogP contribution in [0.2, 0.25) is 0 Å². The molecule has 0 bridgehead atoms. The fraction of sp³-hybridized carbons (Fsp3) is 0.692. The van der Waals surface area contributed by atoms with Crippen molar-refractivity contribution in [2.45, 2.75) is 45.2 Å². The number of likely N-dealkylation sites (tertiary alicyclic amines) is 1. The van der Waals surface area contributed by atoms with Crippen LogP contribution in [-0.4, -0.2) is 52.4 Å². The number of halogens is 1. The third-order valence-electron chi connectivity index (χ3n) is 3.81. The number of amides is 4. The minimum Gasteiger partial charge on any atom is -0.343 e. The van der Waals surface area contributed by atoms with Crippen LogP contribution in [0.1, 0.15) is 33.1 Å². The molecule has 0 radical (unpaired) electrons. The van der Waals surface area contributed by atoms with Crippen LogP contribution in [0, 0.1) is 5.92 Å². The van der Waals surface area contributed by atoms with Gasteiger partial charge in [0.25, 0.3) is 11.8 Å². The first-order valence-corrected chi connectivity index (χ1v) is 7.14. The molecule has 1 saturated heterocycles. The van der Waals surface area contributed by atoms with Gasteiger partial charge in [-0.2, -0.15) is 0 Å². The molecule has 9 nitrogen and oxygen atoms in total. The second-order valence-electron chi connectivity index (χ2n) is 5.36. The van der Waals surface area contributed by atoms with E-state index in [-0.39, 0.29) is 31.2 Å². The molecule has 0 saturated carbocycles. The number of carbonyl (C=O) groups excluding carboxylic acids is 4. The molecule has 0 unspecified atom stereocenters. The minimum absolute atomic E-state index is 0. The summed E-state index contributed by atoms with van der Waals surface area (Å²) in [5.41, 5.74) is 7.15. The largest absolute Gasteiger partial charge is 0.343 e. The molecule has 0 aromatic carbocycles. The number of nitrogens with one attached hydrogen (secondary N) is 2. The molecule has 23 heavy (non-hydrogen) atoms. The molecule has 0 aliphatic carbocycles. The van der Waals surface area contributed by atoms with Gasteiger partial charge in [-0.1, -0.05) is 20.3 Å². The standard InChI is InChI=1S/C13H22N4O5.ClH/c1-3-7(2)11(14)12(20)15-8-4-5-10(19)17(13(8)21)6-9(18)16-22;/h7-8,11,22H,3-6,14H2,1-2H3,(H,15,20)(H,16,18);1H/t7-,8-,11-;/m0./s1. The highest BCUT2D eigenvalue weighted by molar-refractivity contribution is 6.04. The van der Waals surface area contributed by atoms with Gasteiger partial charge in [0.2, 0.25) is 11.8 Å². The maximum Gasteiger partial charge on any atom is 0.263 e. The second kappa shape index (κ2) is 9.43. The molecule has 1 aliphatic rings. The van der Waals surface area contributed by atoms with Crippen molar-refractivity contribution in [1.29, 1.82) is 0 Å². The first kappa shape index (κ1) is 21.3. The number of imide groups is 1. The Kier molecular flexibility index (Phi) is 8.73. The topological polar surface area (TPSA) is 142 Å². The number of nitrogens with zero attached hydrogens (tertiary/aromatic N) is 1. The normalized spacial score (nSPS) is 20.3. The van der Waals surface area contributed by atoms with E-state index >= 15 is 0 Å². The van der Waals surface area contributed by atoms with E-state index in [1.54, 1.807) is 0 Å². The lowest BCUT2D eigenvalue weighted by Gasteiger charge is -2.31. The summed E-state index contributed by atoms with van der Waals surface area (Å²) >= 11 is 0. The van der Waals surface area contributed by atoms with Gasteiger partial charge >= 0.3 is 0 Å². The Hall–Kier alpha value is -1.71. The molecule has 3 atom stereocenters. The van der Waals surface area contributed by atoms with E-state index in [1.165, 1.54) is 5.48 Å². The molecule has 5 N–H and O–H groups in total. The van der Waals surface area contributed by atoms with E-state index in [1.807, 2.05) is 13.8 Å². The van der Waals surface area contributed by atoms with Crippen LogP contribution in [-0.2, 0) is 19.2 Å². The Bertz CT molecular complexity index is 473. The molecule has 1 heterocycles. The van der Waals surface area contributed by atoms with Gasteiger partial charge < -0.3 is 11.1 Å². The molecular weight excluding hydrogens is 328 g/mol. The van der Waals surface area contributed by atoms with Gasteiger partial charge in [-0.15, -0.1) is 12.4 Å².